The van der Waals surface area contributed by atoms with Crippen molar-refractivity contribution < 1.29 is 17.9 Å². The van der Waals surface area contributed by atoms with Crippen molar-refractivity contribution in [2.75, 3.05) is 50.0 Å². The third kappa shape index (κ3) is 5.83. The van der Waals surface area contributed by atoms with E-state index in [0.29, 0.717) is 24.9 Å². The Balaban J connectivity index is 1.57. The summed E-state index contributed by atoms with van der Waals surface area (Å²) in [5.74, 6) is -1.03. The minimum Gasteiger partial charge on any atom is -0.379 e. The fraction of sp³-hybridized carbons (Fsp3) is 0.440. The van der Waals surface area contributed by atoms with Crippen LogP contribution in [0.2, 0.25) is 0 Å². The van der Waals surface area contributed by atoms with Crippen molar-refractivity contribution in [3.8, 4) is 0 Å². The predicted octanol–water partition coefficient (Wildman–Crippen LogP) is 3.75. The molecule has 182 valence electrons. The Bertz CT molecular complexity index is 1220. The van der Waals surface area contributed by atoms with Crippen molar-refractivity contribution in [2.24, 2.45) is 0 Å². The summed E-state index contributed by atoms with van der Waals surface area (Å²) in [5, 5.41) is 0.547. The van der Waals surface area contributed by atoms with Crippen molar-refractivity contribution in [1.82, 2.24) is 9.88 Å². The molecule has 0 aliphatic carbocycles. The molecule has 34 heavy (non-hydrogen) atoms. The van der Waals surface area contributed by atoms with Gasteiger partial charge in [0.15, 0.2) is 15.0 Å². The highest BCUT2D eigenvalue weighted by Crippen LogP contribution is 2.31. The molecule has 1 saturated heterocycles. The lowest BCUT2D eigenvalue weighted by molar-refractivity contribution is -0.116. The molecule has 1 aromatic heterocycles. The number of ether oxygens (including phenoxy) is 1. The van der Waals surface area contributed by atoms with Crippen molar-refractivity contribution in [2.45, 2.75) is 32.1 Å². The predicted molar refractivity (Wildman–Crippen MR) is 137 cm³/mol. The molecule has 0 N–H and O–H groups in total. The summed E-state index contributed by atoms with van der Waals surface area (Å²) >= 11 is 1.43. The van der Waals surface area contributed by atoms with Gasteiger partial charge < -0.3 is 4.74 Å². The zero-order valence-electron chi connectivity index (χ0n) is 19.9. The highest BCUT2D eigenvalue weighted by atomic mass is 32.2. The maximum absolute atomic E-state index is 13.4. The second-order valence-electron chi connectivity index (χ2n) is 8.83. The van der Waals surface area contributed by atoms with Gasteiger partial charge in [0.05, 0.1) is 28.3 Å². The summed E-state index contributed by atoms with van der Waals surface area (Å²) in [6.45, 7) is 10.4. The van der Waals surface area contributed by atoms with E-state index in [4.69, 9.17) is 9.72 Å². The number of hydrogen-bond acceptors (Lipinski definition) is 7. The number of carbonyl (C=O) groups is 1. The van der Waals surface area contributed by atoms with E-state index in [1.807, 2.05) is 26.8 Å². The molecule has 0 bridgehead atoms. The molecule has 4 rings (SSSR count). The molecule has 0 atom stereocenters. The molecule has 0 saturated carbocycles. The standard InChI is InChI=1S/C25H31N3O4S2/c1-18-5-7-21(8-6-18)34(30,31)17-24(29)28(10-4-9-27-11-13-32-14-12-27)25-26-22-15-19(2)20(3)16-23(22)33-25/h5-8,15-16H,4,9-14,17H2,1-3H3. The molecule has 9 heteroatoms. The van der Waals surface area contributed by atoms with E-state index < -0.39 is 21.5 Å². The number of sulfone groups is 1. The molecule has 0 radical (unpaired) electrons. The number of rotatable bonds is 8. The van der Waals surface area contributed by atoms with Gasteiger partial charge >= 0.3 is 0 Å². The highest BCUT2D eigenvalue weighted by molar-refractivity contribution is 7.92. The molecular weight excluding hydrogens is 470 g/mol. The van der Waals surface area contributed by atoms with Gasteiger partial charge in [-0.2, -0.15) is 0 Å². The van der Waals surface area contributed by atoms with E-state index in [-0.39, 0.29) is 4.90 Å². The molecule has 1 aliphatic heterocycles. The highest BCUT2D eigenvalue weighted by Gasteiger charge is 2.27. The van der Waals surface area contributed by atoms with Crippen LogP contribution in [0.25, 0.3) is 10.2 Å². The molecule has 1 fully saturated rings. The molecule has 2 aromatic carbocycles. The summed E-state index contributed by atoms with van der Waals surface area (Å²) in [7, 11) is -3.76. The number of thiazole rings is 1. The summed E-state index contributed by atoms with van der Waals surface area (Å²) in [6, 6.07) is 10.7. The third-order valence-corrected chi connectivity index (χ3v) is 8.84. The minimum atomic E-state index is -3.76. The van der Waals surface area contributed by atoms with Crippen molar-refractivity contribution in [3.05, 3.63) is 53.1 Å². The first-order chi connectivity index (χ1) is 16.2. The van der Waals surface area contributed by atoms with Gasteiger partial charge in [-0.1, -0.05) is 29.0 Å². The van der Waals surface area contributed by atoms with E-state index >= 15 is 0 Å². The second kappa shape index (κ2) is 10.5. The van der Waals surface area contributed by atoms with Gasteiger partial charge in [-0.15, -0.1) is 0 Å². The maximum atomic E-state index is 13.4. The number of aryl methyl sites for hydroxylation is 3. The average molecular weight is 502 g/mol. The minimum absolute atomic E-state index is 0.162. The Hall–Kier alpha value is -2.33. The topological polar surface area (TPSA) is 79.8 Å². The number of morpholine rings is 1. The second-order valence-corrected chi connectivity index (χ2v) is 11.8. The molecule has 1 amide bonds. The SMILES string of the molecule is Cc1ccc(S(=O)(=O)CC(=O)N(CCCN2CCOCC2)c2nc3cc(C)c(C)cc3s2)cc1. The fourth-order valence-corrected chi connectivity index (χ4v) is 6.24. The normalized spacial score (nSPS) is 15.0. The quantitative estimate of drug-likeness (QED) is 0.468. The van der Waals surface area contributed by atoms with Crippen LogP contribution < -0.4 is 4.90 Å². The van der Waals surface area contributed by atoms with Crippen LogP contribution in [0, 0.1) is 20.8 Å². The van der Waals surface area contributed by atoms with Gasteiger partial charge in [0.2, 0.25) is 5.91 Å². The number of aromatic nitrogens is 1. The Labute approximate surface area is 205 Å². The van der Waals surface area contributed by atoms with Crippen LogP contribution in [0.15, 0.2) is 41.3 Å². The van der Waals surface area contributed by atoms with Crippen molar-refractivity contribution >= 4 is 42.4 Å². The zero-order chi connectivity index (χ0) is 24.3. The molecule has 0 spiro atoms. The Morgan fingerprint density at radius 2 is 1.76 bits per heavy atom. The fourth-order valence-electron chi connectivity index (χ4n) is 3.96. The van der Waals surface area contributed by atoms with E-state index in [1.54, 1.807) is 29.2 Å². The lowest BCUT2D eigenvalue weighted by Gasteiger charge is -2.27. The van der Waals surface area contributed by atoms with Gasteiger partial charge in [0.1, 0.15) is 5.75 Å². The number of amides is 1. The largest absolute Gasteiger partial charge is 0.379 e. The first-order valence-electron chi connectivity index (χ1n) is 11.5. The van der Waals surface area contributed by atoms with E-state index in [1.165, 1.54) is 11.3 Å². The van der Waals surface area contributed by atoms with Crippen LogP contribution in [0.5, 0.6) is 0 Å². The van der Waals surface area contributed by atoms with E-state index in [0.717, 1.165) is 53.0 Å². The molecule has 3 aromatic rings. The van der Waals surface area contributed by atoms with E-state index in [9.17, 15) is 13.2 Å². The monoisotopic (exact) mass is 501 g/mol. The van der Waals surface area contributed by atoms with Crippen LogP contribution in [0.4, 0.5) is 5.13 Å². The Morgan fingerprint density at radius 3 is 2.47 bits per heavy atom. The van der Waals surface area contributed by atoms with Gasteiger partial charge in [-0.25, -0.2) is 13.4 Å². The molecule has 0 unspecified atom stereocenters. The van der Waals surface area contributed by atoms with Gasteiger partial charge in [0, 0.05) is 26.2 Å². The van der Waals surface area contributed by atoms with Gasteiger partial charge in [0.25, 0.3) is 0 Å². The molecular formula is C25H31N3O4S2. The molecule has 2 heterocycles. The lowest BCUT2D eigenvalue weighted by Crippen LogP contribution is -2.40. The first kappa shape index (κ1) is 24.8. The number of nitrogens with zero attached hydrogens (tertiary/aromatic N) is 3. The van der Waals surface area contributed by atoms with Crippen LogP contribution in [-0.2, 0) is 19.4 Å². The lowest BCUT2D eigenvalue weighted by atomic mass is 10.1. The Morgan fingerprint density at radius 1 is 1.09 bits per heavy atom. The molecule has 1 aliphatic rings. The van der Waals surface area contributed by atoms with Gasteiger partial charge in [-0.05, 0) is 62.6 Å². The van der Waals surface area contributed by atoms with Crippen LogP contribution in [-0.4, -0.2) is 69.4 Å². The summed E-state index contributed by atoms with van der Waals surface area (Å²) in [4.78, 5) is 22.1. The van der Waals surface area contributed by atoms with Crippen LogP contribution in [0.3, 0.4) is 0 Å². The van der Waals surface area contributed by atoms with Crippen LogP contribution >= 0.6 is 11.3 Å². The number of benzene rings is 2. The summed E-state index contributed by atoms with van der Waals surface area (Å²) < 4.78 is 32.4. The first-order valence-corrected chi connectivity index (χ1v) is 14.0. The van der Waals surface area contributed by atoms with E-state index in [2.05, 4.69) is 11.0 Å². The molecule has 7 nitrogen and oxygen atoms in total. The zero-order valence-corrected chi connectivity index (χ0v) is 21.5. The summed E-state index contributed by atoms with van der Waals surface area (Å²) in [5.41, 5.74) is 4.09. The number of fused-ring (bicyclic) bond motifs is 1. The average Bonchev–Trinajstić information content (AvgIpc) is 3.19. The third-order valence-electron chi connectivity index (χ3n) is 6.18. The number of hydrogen-bond donors (Lipinski definition) is 0. The number of carbonyl (C=O) groups excluding carboxylic acids is 1. The van der Waals surface area contributed by atoms with Gasteiger partial charge in [-0.3, -0.25) is 14.6 Å². The number of anilines is 1. The Kier molecular flexibility index (Phi) is 7.67. The summed E-state index contributed by atoms with van der Waals surface area (Å²) in [6.07, 6.45) is 0.726. The van der Waals surface area contributed by atoms with Crippen LogP contribution in [0.1, 0.15) is 23.1 Å². The smallest absolute Gasteiger partial charge is 0.244 e. The maximum Gasteiger partial charge on any atom is 0.244 e. The van der Waals surface area contributed by atoms with Crippen molar-refractivity contribution in [1.29, 1.82) is 0 Å². The van der Waals surface area contributed by atoms with Crippen molar-refractivity contribution in [3.63, 3.8) is 0 Å².